The smallest absolute Gasteiger partial charge is 0.341 e. The molecule has 31 heavy (non-hydrogen) atoms. The van der Waals surface area contributed by atoms with E-state index in [1.807, 2.05) is 37.3 Å². The second kappa shape index (κ2) is 9.25. The summed E-state index contributed by atoms with van der Waals surface area (Å²) in [6.07, 6.45) is 4.26. The summed E-state index contributed by atoms with van der Waals surface area (Å²) in [6, 6.07) is 16.0. The van der Waals surface area contributed by atoms with E-state index >= 15 is 0 Å². The normalized spacial score (nSPS) is 15.8. The van der Waals surface area contributed by atoms with Crippen molar-refractivity contribution in [1.29, 1.82) is 0 Å². The molecular weight excluding hydrogens is 392 g/mol. The number of carboxylic acid groups (broad SMARTS) is 1. The molecule has 1 heterocycles. The Labute approximate surface area is 181 Å². The van der Waals surface area contributed by atoms with E-state index in [4.69, 9.17) is 9.84 Å². The van der Waals surface area contributed by atoms with Gasteiger partial charge >= 0.3 is 5.97 Å². The minimum atomic E-state index is -1.01. The maximum absolute atomic E-state index is 12.3. The van der Waals surface area contributed by atoms with Crippen LogP contribution in [-0.4, -0.2) is 28.2 Å². The average Bonchev–Trinajstić information content (AvgIpc) is 2.94. The Morgan fingerprint density at radius 2 is 1.94 bits per heavy atom. The predicted octanol–water partition coefficient (Wildman–Crippen LogP) is 4.45. The summed E-state index contributed by atoms with van der Waals surface area (Å²) in [7, 11) is 0. The number of hydrogen-bond donors (Lipinski definition) is 2. The molecule has 3 aromatic rings. The van der Waals surface area contributed by atoms with Gasteiger partial charge in [0.05, 0.1) is 11.6 Å². The lowest BCUT2D eigenvalue weighted by Gasteiger charge is -2.19. The number of carbonyl (C=O) groups is 2. The van der Waals surface area contributed by atoms with Crippen molar-refractivity contribution >= 4 is 22.8 Å². The van der Waals surface area contributed by atoms with Crippen LogP contribution in [-0.2, 0) is 22.6 Å². The second-order valence-electron chi connectivity index (χ2n) is 7.98. The van der Waals surface area contributed by atoms with Crippen molar-refractivity contribution in [2.45, 2.75) is 51.6 Å². The fraction of sp³-hybridized carbons (Fsp3) is 0.360. The monoisotopic (exact) mass is 420 g/mol. The highest BCUT2D eigenvalue weighted by molar-refractivity contribution is 5.93. The van der Waals surface area contributed by atoms with E-state index in [0.717, 1.165) is 42.1 Å². The van der Waals surface area contributed by atoms with Gasteiger partial charge in [-0.2, -0.15) is 0 Å². The van der Waals surface area contributed by atoms with Gasteiger partial charge in [-0.05, 0) is 37.0 Å². The SMILES string of the molecule is CCC(=O)NC1CCCCc2c1c1c(OCC(=O)O)cccc1n2Cc1ccccc1. The maximum Gasteiger partial charge on any atom is 0.341 e. The zero-order valence-electron chi connectivity index (χ0n) is 17.8. The molecule has 1 aromatic heterocycles. The zero-order chi connectivity index (χ0) is 21.8. The van der Waals surface area contributed by atoms with Crippen molar-refractivity contribution in [1.82, 2.24) is 9.88 Å². The molecule has 1 unspecified atom stereocenters. The van der Waals surface area contributed by atoms with Gasteiger partial charge in [-0.25, -0.2) is 4.79 Å². The van der Waals surface area contributed by atoms with E-state index in [1.165, 1.54) is 11.3 Å². The number of amides is 1. The minimum absolute atomic E-state index is 0.0192. The molecule has 2 aromatic carbocycles. The first-order chi connectivity index (χ1) is 15.1. The van der Waals surface area contributed by atoms with Crippen LogP contribution in [0.5, 0.6) is 5.75 Å². The third kappa shape index (κ3) is 4.43. The van der Waals surface area contributed by atoms with Crippen LogP contribution in [0.2, 0.25) is 0 Å². The molecule has 1 atom stereocenters. The number of nitrogens with one attached hydrogen (secondary N) is 1. The van der Waals surface area contributed by atoms with Crippen LogP contribution in [0, 0.1) is 0 Å². The van der Waals surface area contributed by atoms with Crippen molar-refractivity contribution in [2.24, 2.45) is 0 Å². The Bertz CT molecular complexity index is 1090. The highest BCUT2D eigenvalue weighted by Crippen LogP contribution is 2.41. The number of carbonyl (C=O) groups excluding carboxylic acids is 1. The summed E-state index contributed by atoms with van der Waals surface area (Å²) in [5.74, 6) is -0.436. The van der Waals surface area contributed by atoms with E-state index in [2.05, 4.69) is 28.1 Å². The molecule has 1 amide bonds. The Morgan fingerprint density at radius 3 is 2.68 bits per heavy atom. The highest BCUT2D eigenvalue weighted by atomic mass is 16.5. The van der Waals surface area contributed by atoms with Crippen LogP contribution in [0.3, 0.4) is 0 Å². The van der Waals surface area contributed by atoms with Gasteiger partial charge in [0, 0.05) is 29.6 Å². The fourth-order valence-electron chi connectivity index (χ4n) is 4.53. The van der Waals surface area contributed by atoms with E-state index < -0.39 is 12.6 Å². The Balaban J connectivity index is 1.91. The van der Waals surface area contributed by atoms with Crippen molar-refractivity contribution in [3.8, 4) is 5.75 Å². The molecule has 0 radical (unpaired) electrons. The first kappa shape index (κ1) is 21.0. The van der Waals surface area contributed by atoms with Gasteiger partial charge in [0.25, 0.3) is 0 Å². The molecule has 1 aliphatic carbocycles. The molecule has 6 nitrogen and oxygen atoms in total. The molecule has 0 aliphatic heterocycles. The number of benzene rings is 2. The largest absolute Gasteiger partial charge is 0.481 e. The molecule has 0 fully saturated rings. The maximum atomic E-state index is 12.3. The second-order valence-corrected chi connectivity index (χ2v) is 7.98. The summed E-state index contributed by atoms with van der Waals surface area (Å²) >= 11 is 0. The Morgan fingerprint density at radius 1 is 1.13 bits per heavy atom. The van der Waals surface area contributed by atoms with Crippen LogP contribution >= 0.6 is 0 Å². The minimum Gasteiger partial charge on any atom is -0.481 e. The number of fused-ring (bicyclic) bond motifs is 3. The van der Waals surface area contributed by atoms with E-state index in [9.17, 15) is 9.59 Å². The number of rotatable bonds is 7. The lowest BCUT2D eigenvalue weighted by Crippen LogP contribution is -2.28. The molecule has 0 bridgehead atoms. The van der Waals surface area contributed by atoms with Crippen molar-refractivity contribution in [3.05, 3.63) is 65.4 Å². The first-order valence-corrected chi connectivity index (χ1v) is 10.9. The summed E-state index contributed by atoms with van der Waals surface area (Å²) < 4.78 is 8.01. The van der Waals surface area contributed by atoms with Gasteiger partial charge in [0.1, 0.15) is 5.75 Å². The Hall–Kier alpha value is -3.28. The number of ether oxygens (including phenoxy) is 1. The van der Waals surface area contributed by atoms with Gasteiger partial charge in [-0.15, -0.1) is 0 Å². The van der Waals surface area contributed by atoms with Crippen molar-refractivity contribution in [3.63, 3.8) is 0 Å². The number of hydrogen-bond acceptors (Lipinski definition) is 3. The molecule has 0 saturated heterocycles. The average molecular weight is 421 g/mol. The highest BCUT2D eigenvalue weighted by Gasteiger charge is 2.29. The molecule has 0 saturated carbocycles. The quantitative estimate of drug-likeness (QED) is 0.554. The van der Waals surface area contributed by atoms with Crippen LogP contribution in [0.25, 0.3) is 10.9 Å². The number of aliphatic carboxylic acids is 1. The summed E-state index contributed by atoms with van der Waals surface area (Å²) in [5, 5.41) is 13.3. The molecule has 1 aliphatic rings. The topological polar surface area (TPSA) is 80.6 Å². The molecule has 6 heteroatoms. The third-order valence-electron chi connectivity index (χ3n) is 5.90. The van der Waals surface area contributed by atoms with Gasteiger partial charge in [0.15, 0.2) is 6.61 Å². The summed E-state index contributed by atoms with van der Waals surface area (Å²) in [4.78, 5) is 23.5. The Kier molecular flexibility index (Phi) is 6.26. The van der Waals surface area contributed by atoms with Crippen molar-refractivity contribution < 1.29 is 19.4 Å². The summed E-state index contributed by atoms with van der Waals surface area (Å²) in [5.41, 5.74) is 4.47. The summed E-state index contributed by atoms with van der Waals surface area (Å²) in [6.45, 7) is 2.17. The molecule has 2 N–H and O–H groups in total. The van der Waals surface area contributed by atoms with Crippen LogP contribution in [0.1, 0.15) is 55.5 Å². The van der Waals surface area contributed by atoms with Crippen LogP contribution < -0.4 is 10.1 Å². The van der Waals surface area contributed by atoms with E-state index in [0.29, 0.717) is 18.7 Å². The first-order valence-electron chi connectivity index (χ1n) is 10.9. The van der Waals surface area contributed by atoms with Gasteiger partial charge in [-0.3, -0.25) is 4.79 Å². The number of aromatic nitrogens is 1. The van der Waals surface area contributed by atoms with E-state index in [1.54, 1.807) is 0 Å². The zero-order valence-corrected chi connectivity index (χ0v) is 17.8. The van der Waals surface area contributed by atoms with Crippen molar-refractivity contribution in [2.75, 3.05) is 6.61 Å². The number of carboxylic acids is 1. The molecular formula is C25H28N2O4. The molecule has 162 valence electrons. The van der Waals surface area contributed by atoms with Crippen LogP contribution in [0.15, 0.2) is 48.5 Å². The fourth-order valence-corrected chi connectivity index (χ4v) is 4.53. The third-order valence-corrected chi connectivity index (χ3v) is 5.90. The van der Waals surface area contributed by atoms with Gasteiger partial charge in [0.2, 0.25) is 5.91 Å². The molecule has 0 spiro atoms. The number of nitrogens with zero attached hydrogens (tertiary/aromatic N) is 1. The molecule has 4 rings (SSSR count). The van der Waals surface area contributed by atoms with Gasteiger partial charge in [-0.1, -0.05) is 49.7 Å². The predicted molar refractivity (Wildman–Crippen MR) is 119 cm³/mol. The standard InChI is InChI=1S/C25H28N2O4/c1-2-22(28)26-18-11-6-7-12-19-24(18)25-20(13-8-14-21(25)31-16-23(29)30)27(19)15-17-9-4-3-5-10-17/h3-5,8-10,13-14,18H,2,6-7,11-12,15-16H2,1H3,(H,26,28)(H,29,30). The van der Waals surface area contributed by atoms with Gasteiger partial charge < -0.3 is 19.7 Å². The van der Waals surface area contributed by atoms with E-state index in [-0.39, 0.29) is 11.9 Å². The lowest BCUT2D eigenvalue weighted by atomic mass is 10.00. The van der Waals surface area contributed by atoms with Crippen LogP contribution in [0.4, 0.5) is 0 Å². The lowest BCUT2D eigenvalue weighted by molar-refractivity contribution is -0.139.